The summed E-state index contributed by atoms with van der Waals surface area (Å²) in [6.45, 7) is 1.47. The molecule has 0 aromatic carbocycles. The second kappa shape index (κ2) is 8.79. The Labute approximate surface area is 136 Å². The molecule has 3 amide bonds. The van der Waals surface area contributed by atoms with E-state index in [-0.39, 0.29) is 24.7 Å². The standard InChI is InChI=1S/C12H20N6O6/c1-5(19)9(11(21)22)16-12(23)15-6(4-7(14)20)10-18-17-8(24-10)2-3-13/h5-6,9,19H,2-4,13H2,1H3,(H2,14,20)(H,21,22)(H2,15,16,23)/t5?,6?,9-/m0/s1. The van der Waals surface area contributed by atoms with E-state index in [2.05, 4.69) is 20.8 Å². The first-order valence-corrected chi connectivity index (χ1v) is 7.03. The first-order chi connectivity index (χ1) is 11.2. The first kappa shape index (κ1) is 19.3. The van der Waals surface area contributed by atoms with Crippen LogP contribution in [0.5, 0.6) is 0 Å². The molecule has 12 heteroatoms. The summed E-state index contributed by atoms with van der Waals surface area (Å²) in [5.41, 5.74) is 10.5. The highest BCUT2D eigenvalue weighted by Crippen LogP contribution is 2.15. The van der Waals surface area contributed by atoms with Crippen LogP contribution in [0.4, 0.5) is 4.79 Å². The molecule has 2 unspecified atom stereocenters. The summed E-state index contributed by atoms with van der Waals surface area (Å²) >= 11 is 0. The molecule has 1 heterocycles. The van der Waals surface area contributed by atoms with E-state index in [0.29, 0.717) is 6.42 Å². The van der Waals surface area contributed by atoms with Crippen molar-refractivity contribution in [3.8, 4) is 0 Å². The van der Waals surface area contributed by atoms with Gasteiger partial charge in [-0.2, -0.15) is 0 Å². The molecular weight excluding hydrogens is 324 g/mol. The monoisotopic (exact) mass is 344 g/mol. The predicted molar refractivity (Wildman–Crippen MR) is 78.4 cm³/mol. The second-order valence-electron chi connectivity index (χ2n) is 4.97. The van der Waals surface area contributed by atoms with Crippen molar-refractivity contribution < 1.29 is 29.0 Å². The number of aliphatic hydroxyl groups excluding tert-OH is 1. The van der Waals surface area contributed by atoms with E-state index in [0.717, 1.165) is 0 Å². The highest BCUT2D eigenvalue weighted by Gasteiger charge is 2.28. The fourth-order valence-electron chi connectivity index (χ4n) is 1.76. The quantitative estimate of drug-likeness (QED) is 0.282. The molecule has 0 saturated heterocycles. The highest BCUT2D eigenvalue weighted by atomic mass is 16.4. The summed E-state index contributed by atoms with van der Waals surface area (Å²) < 4.78 is 5.27. The number of hydrogen-bond acceptors (Lipinski definition) is 8. The van der Waals surface area contributed by atoms with Gasteiger partial charge in [-0.05, 0) is 6.92 Å². The second-order valence-corrected chi connectivity index (χ2v) is 4.97. The zero-order valence-electron chi connectivity index (χ0n) is 12.9. The number of aliphatic hydroxyl groups is 1. The summed E-state index contributed by atoms with van der Waals surface area (Å²) in [6.07, 6.45) is -1.36. The predicted octanol–water partition coefficient (Wildman–Crippen LogP) is -2.38. The van der Waals surface area contributed by atoms with E-state index in [1.165, 1.54) is 6.92 Å². The summed E-state index contributed by atoms with van der Waals surface area (Å²) in [5, 5.41) is 30.0. The molecule has 8 N–H and O–H groups in total. The minimum absolute atomic E-state index is 0.0729. The Kier molecular flexibility index (Phi) is 7.07. The molecule has 1 aromatic heterocycles. The summed E-state index contributed by atoms with van der Waals surface area (Å²) in [7, 11) is 0. The van der Waals surface area contributed by atoms with E-state index in [1.54, 1.807) is 0 Å². The number of aromatic nitrogens is 2. The van der Waals surface area contributed by atoms with Crippen LogP contribution in [0.15, 0.2) is 4.42 Å². The SMILES string of the molecule is CC(O)[C@H](NC(=O)NC(CC(N)=O)c1nnc(CCN)o1)C(=O)O. The summed E-state index contributed by atoms with van der Waals surface area (Å²) in [6, 6.07) is -3.53. The largest absolute Gasteiger partial charge is 0.480 e. The topological polar surface area (TPSA) is 207 Å². The van der Waals surface area contributed by atoms with E-state index < -0.39 is 36.1 Å². The Balaban J connectivity index is 2.83. The molecule has 134 valence electrons. The zero-order valence-corrected chi connectivity index (χ0v) is 12.9. The van der Waals surface area contributed by atoms with Crippen LogP contribution >= 0.6 is 0 Å². The number of carbonyl (C=O) groups excluding carboxylic acids is 2. The third-order valence-corrected chi connectivity index (χ3v) is 2.88. The smallest absolute Gasteiger partial charge is 0.328 e. The number of hydrogen-bond donors (Lipinski definition) is 6. The van der Waals surface area contributed by atoms with Crippen molar-refractivity contribution in [1.82, 2.24) is 20.8 Å². The molecule has 0 fully saturated rings. The first-order valence-electron chi connectivity index (χ1n) is 7.03. The van der Waals surface area contributed by atoms with Gasteiger partial charge in [0.2, 0.25) is 17.7 Å². The Morgan fingerprint density at radius 2 is 1.96 bits per heavy atom. The number of nitrogens with one attached hydrogen (secondary N) is 2. The van der Waals surface area contributed by atoms with Crippen LogP contribution in [0.2, 0.25) is 0 Å². The van der Waals surface area contributed by atoms with E-state index >= 15 is 0 Å². The van der Waals surface area contributed by atoms with Gasteiger partial charge < -0.3 is 36.7 Å². The van der Waals surface area contributed by atoms with Gasteiger partial charge in [-0.1, -0.05) is 0 Å². The van der Waals surface area contributed by atoms with E-state index in [4.69, 9.17) is 21.0 Å². The number of nitrogens with two attached hydrogens (primary N) is 2. The number of rotatable bonds is 9. The number of aliphatic carboxylic acids is 1. The zero-order chi connectivity index (χ0) is 18.3. The Morgan fingerprint density at radius 1 is 1.29 bits per heavy atom. The molecule has 0 bridgehead atoms. The average Bonchev–Trinajstić information content (AvgIpc) is 2.92. The van der Waals surface area contributed by atoms with Gasteiger partial charge in [0.05, 0.1) is 12.5 Å². The van der Waals surface area contributed by atoms with Crippen molar-refractivity contribution in [2.24, 2.45) is 11.5 Å². The van der Waals surface area contributed by atoms with Gasteiger partial charge >= 0.3 is 12.0 Å². The summed E-state index contributed by atoms with van der Waals surface area (Å²) in [4.78, 5) is 34.0. The van der Waals surface area contributed by atoms with Gasteiger partial charge in [0, 0.05) is 13.0 Å². The van der Waals surface area contributed by atoms with Crippen LogP contribution in [0.1, 0.15) is 31.2 Å². The fraction of sp³-hybridized carbons (Fsp3) is 0.583. The number of amides is 3. The molecule has 0 aliphatic carbocycles. The molecular formula is C12H20N6O6. The molecule has 0 aliphatic rings. The van der Waals surface area contributed by atoms with Crippen LogP contribution in [0.25, 0.3) is 0 Å². The maximum absolute atomic E-state index is 11.9. The lowest BCUT2D eigenvalue weighted by Gasteiger charge is -2.19. The van der Waals surface area contributed by atoms with Crippen LogP contribution in [-0.2, 0) is 16.0 Å². The van der Waals surface area contributed by atoms with Crippen molar-refractivity contribution in [2.75, 3.05) is 6.54 Å². The maximum Gasteiger partial charge on any atom is 0.328 e. The molecule has 0 aliphatic heterocycles. The molecule has 24 heavy (non-hydrogen) atoms. The normalized spacial score (nSPS) is 14.5. The number of urea groups is 1. The van der Waals surface area contributed by atoms with Crippen molar-refractivity contribution in [1.29, 1.82) is 0 Å². The Bertz CT molecular complexity index is 588. The minimum atomic E-state index is -1.53. The molecule has 0 radical (unpaired) electrons. The maximum atomic E-state index is 11.9. The molecule has 1 rings (SSSR count). The summed E-state index contributed by atoms with van der Waals surface area (Å²) in [5.74, 6) is -2.02. The van der Waals surface area contributed by atoms with Crippen LogP contribution < -0.4 is 22.1 Å². The van der Waals surface area contributed by atoms with Crippen LogP contribution in [-0.4, -0.2) is 57.0 Å². The van der Waals surface area contributed by atoms with Crippen molar-refractivity contribution in [2.45, 2.75) is 38.0 Å². The fourth-order valence-corrected chi connectivity index (χ4v) is 1.76. The van der Waals surface area contributed by atoms with Crippen molar-refractivity contribution >= 4 is 17.9 Å². The van der Waals surface area contributed by atoms with Crippen LogP contribution in [0.3, 0.4) is 0 Å². The van der Waals surface area contributed by atoms with Gasteiger partial charge in [-0.25, -0.2) is 9.59 Å². The number of nitrogens with zero attached hydrogens (tertiary/aromatic N) is 2. The van der Waals surface area contributed by atoms with Gasteiger partial charge in [0.15, 0.2) is 6.04 Å². The Morgan fingerprint density at radius 3 is 2.46 bits per heavy atom. The highest BCUT2D eigenvalue weighted by molar-refractivity contribution is 5.83. The number of carbonyl (C=O) groups is 3. The average molecular weight is 344 g/mol. The molecule has 3 atom stereocenters. The number of primary amides is 1. The van der Waals surface area contributed by atoms with Crippen LogP contribution in [0, 0.1) is 0 Å². The minimum Gasteiger partial charge on any atom is -0.480 e. The lowest BCUT2D eigenvalue weighted by Crippen LogP contribution is -2.52. The van der Waals surface area contributed by atoms with Crippen molar-refractivity contribution in [3.63, 3.8) is 0 Å². The number of carboxylic acids is 1. The van der Waals surface area contributed by atoms with Gasteiger partial charge in [0.1, 0.15) is 6.04 Å². The van der Waals surface area contributed by atoms with Crippen molar-refractivity contribution in [3.05, 3.63) is 11.8 Å². The van der Waals surface area contributed by atoms with Gasteiger partial charge in [0.25, 0.3) is 0 Å². The molecule has 12 nitrogen and oxygen atoms in total. The van der Waals surface area contributed by atoms with E-state index in [9.17, 15) is 19.5 Å². The van der Waals surface area contributed by atoms with Gasteiger partial charge in [-0.15, -0.1) is 10.2 Å². The van der Waals surface area contributed by atoms with E-state index in [1.807, 2.05) is 0 Å². The lowest BCUT2D eigenvalue weighted by atomic mass is 10.2. The number of carboxylic acid groups (broad SMARTS) is 1. The Hall–Kier alpha value is -2.73. The molecule has 1 aromatic rings. The molecule has 0 saturated carbocycles. The lowest BCUT2D eigenvalue weighted by molar-refractivity contribution is -0.141. The third kappa shape index (κ3) is 5.81. The third-order valence-electron chi connectivity index (χ3n) is 2.88. The molecule has 0 spiro atoms. The van der Waals surface area contributed by atoms with Gasteiger partial charge in [-0.3, -0.25) is 4.79 Å².